The third-order valence-electron chi connectivity index (χ3n) is 4.76. The van der Waals surface area contributed by atoms with Gasteiger partial charge in [-0.15, -0.1) is 0 Å². The Bertz CT molecular complexity index is 520. The number of aryl methyl sites for hydroxylation is 2. The summed E-state index contributed by atoms with van der Waals surface area (Å²) in [7, 11) is 0. The third-order valence-corrected chi connectivity index (χ3v) is 4.76. The molecule has 0 heterocycles. The highest BCUT2D eigenvalue weighted by molar-refractivity contribution is 5.15. The molecule has 0 spiro atoms. The summed E-state index contributed by atoms with van der Waals surface area (Å²) in [5.41, 5.74) is 2.86. The molecular weight excluding hydrogens is 344 g/mol. The van der Waals surface area contributed by atoms with Crippen molar-refractivity contribution in [3.63, 3.8) is 0 Å². The first kappa shape index (κ1) is 22.6. The molecule has 0 radical (unpaired) electrons. The van der Waals surface area contributed by atoms with Gasteiger partial charge in [-0.05, 0) is 49.9 Å². The highest BCUT2D eigenvalue weighted by atomic mass is 15.0. The maximum Gasteiger partial charge on any atom is 0.00772 e. The van der Waals surface area contributed by atoms with Crippen molar-refractivity contribution < 1.29 is 0 Å². The second kappa shape index (κ2) is 16.3. The van der Waals surface area contributed by atoms with Crippen LogP contribution in [0, 0.1) is 0 Å². The number of benzene rings is 2. The number of hydrogen-bond acceptors (Lipinski definition) is 4. The first-order valence-corrected chi connectivity index (χ1v) is 10.9. The lowest BCUT2D eigenvalue weighted by molar-refractivity contribution is 0.558. The van der Waals surface area contributed by atoms with Crippen LogP contribution in [0.4, 0.5) is 0 Å². The van der Waals surface area contributed by atoms with Gasteiger partial charge in [0.25, 0.3) is 0 Å². The van der Waals surface area contributed by atoms with Crippen LogP contribution in [0.3, 0.4) is 0 Å². The van der Waals surface area contributed by atoms with Crippen LogP contribution in [0.15, 0.2) is 60.7 Å². The predicted octanol–water partition coefficient (Wildman–Crippen LogP) is 2.61. The van der Waals surface area contributed by atoms with Crippen molar-refractivity contribution in [3.8, 4) is 0 Å². The zero-order valence-corrected chi connectivity index (χ0v) is 17.3. The van der Waals surface area contributed by atoms with E-state index in [1.54, 1.807) is 0 Å². The first-order chi connectivity index (χ1) is 13.9. The fourth-order valence-corrected chi connectivity index (χ4v) is 3.15. The van der Waals surface area contributed by atoms with Crippen molar-refractivity contribution >= 4 is 0 Å². The molecule has 0 aliphatic rings. The van der Waals surface area contributed by atoms with E-state index in [0.717, 1.165) is 65.2 Å². The van der Waals surface area contributed by atoms with Gasteiger partial charge >= 0.3 is 0 Å². The molecule has 0 aliphatic carbocycles. The molecular formula is C24H38N4. The van der Waals surface area contributed by atoms with Crippen molar-refractivity contribution in [2.75, 3.05) is 52.4 Å². The maximum atomic E-state index is 3.51. The molecule has 0 bridgehead atoms. The number of rotatable bonds is 17. The van der Waals surface area contributed by atoms with E-state index in [-0.39, 0.29) is 0 Å². The Morgan fingerprint density at radius 1 is 0.393 bits per heavy atom. The number of hydrogen-bond donors (Lipinski definition) is 4. The van der Waals surface area contributed by atoms with E-state index in [1.807, 2.05) is 0 Å². The molecule has 0 unspecified atom stereocenters. The van der Waals surface area contributed by atoms with Gasteiger partial charge in [0, 0.05) is 39.3 Å². The Morgan fingerprint density at radius 2 is 0.714 bits per heavy atom. The van der Waals surface area contributed by atoms with Gasteiger partial charge in [-0.2, -0.15) is 0 Å². The molecule has 0 fully saturated rings. The average molecular weight is 383 g/mol. The van der Waals surface area contributed by atoms with E-state index in [2.05, 4.69) is 81.9 Å². The molecule has 0 saturated heterocycles. The van der Waals surface area contributed by atoms with Crippen molar-refractivity contribution in [2.45, 2.75) is 25.7 Å². The first-order valence-electron chi connectivity index (χ1n) is 10.9. The summed E-state index contributed by atoms with van der Waals surface area (Å²) < 4.78 is 0. The normalized spacial score (nSPS) is 11.0. The summed E-state index contributed by atoms with van der Waals surface area (Å²) in [6, 6.07) is 21.4. The monoisotopic (exact) mass is 382 g/mol. The molecule has 2 aromatic carbocycles. The van der Waals surface area contributed by atoms with Crippen LogP contribution in [-0.2, 0) is 12.8 Å². The predicted molar refractivity (Wildman–Crippen MR) is 121 cm³/mol. The van der Waals surface area contributed by atoms with Crippen LogP contribution in [0.2, 0.25) is 0 Å². The van der Waals surface area contributed by atoms with Gasteiger partial charge in [0.15, 0.2) is 0 Å². The third kappa shape index (κ3) is 11.9. The topological polar surface area (TPSA) is 48.1 Å². The van der Waals surface area contributed by atoms with Crippen molar-refractivity contribution in [3.05, 3.63) is 71.8 Å². The quantitative estimate of drug-likeness (QED) is 0.318. The molecule has 4 N–H and O–H groups in total. The number of nitrogens with one attached hydrogen (secondary N) is 4. The summed E-state index contributed by atoms with van der Waals surface area (Å²) in [5, 5.41) is 14.0. The summed E-state index contributed by atoms with van der Waals surface area (Å²) in [5.74, 6) is 0. The molecule has 0 aromatic heterocycles. The van der Waals surface area contributed by atoms with Crippen LogP contribution >= 0.6 is 0 Å². The van der Waals surface area contributed by atoms with Gasteiger partial charge in [-0.25, -0.2) is 0 Å². The minimum Gasteiger partial charge on any atom is -0.315 e. The molecule has 4 nitrogen and oxygen atoms in total. The molecule has 0 atom stereocenters. The van der Waals surface area contributed by atoms with E-state index in [1.165, 1.54) is 24.0 Å². The van der Waals surface area contributed by atoms with Crippen LogP contribution < -0.4 is 21.3 Å². The molecule has 0 saturated carbocycles. The van der Waals surface area contributed by atoms with Gasteiger partial charge in [-0.3, -0.25) is 0 Å². The maximum absolute atomic E-state index is 3.51. The highest BCUT2D eigenvalue weighted by Gasteiger charge is 1.94. The van der Waals surface area contributed by atoms with Crippen molar-refractivity contribution in [2.24, 2.45) is 0 Å². The Kier molecular flexibility index (Phi) is 13.1. The minimum absolute atomic E-state index is 1.03. The van der Waals surface area contributed by atoms with Crippen LogP contribution in [0.5, 0.6) is 0 Å². The van der Waals surface area contributed by atoms with E-state index >= 15 is 0 Å². The largest absolute Gasteiger partial charge is 0.315 e. The average Bonchev–Trinajstić information content (AvgIpc) is 2.75. The Labute approximate surface area is 171 Å². The van der Waals surface area contributed by atoms with Gasteiger partial charge in [0.05, 0.1) is 0 Å². The standard InChI is InChI=1S/C24H38N4/c1-3-9-23(10-4-1)13-7-15-25-17-19-27-21-22-28-20-18-26-16-8-14-24-11-5-2-6-12-24/h1-6,9-12,25-28H,7-8,13-22H2. The van der Waals surface area contributed by atoms with Gasteiger partial charge in [0.2, 0.25) is 0 Å². The molecule has 0 amide bonds. The second-order valence-corrected chi connectivity index (χ2v) is 7.18. The van der Waals surface area contributed by atoms with Crippen LogP contribution in [0.25, 0.3) is 0 Å². The Morgan fingerprint density at radius 3 is 1.07 bits per heavy atom. The lowest BCUT2D eigenvalue weighted by Gasteiger charge is -2.09. The van der Waals surface area contributed by atoms with Gasteiger partial charge in [-0.1, -0.05) is 60.7 Å². The lowest BCUT2D eigenvalue weighted by atomic mass is 10.1. The van der Waals surface area contributed by atoms with Gasteiger partial charge < -0.3 is 21.3 Å². The molecule has 2 rings (SSSR count). The highest BCUT2D eigenvalue weighted by Crippen LogP contribution is 2.01. The van der Waals surface area contributed by atoms with E-state index in [9.17, 15) is 0 Å². The SMILES string of the molecule is c1ccc(CCCNCCNCCNCCNCCCc2ccccc2)cc1. The Hall–Kier alpha value is -1.72. The molecule has 4 heteroatoms. The van der Waals surface area contributed by atoms with Crippen LogP contribution in [-0.4, -0.2) is 52.4 Å². The summed E-state index contributed by atoms with van der Waals surface area (Å²) in [6.45, 7) is 8.37. The summed E-state index contributed by atoms with van der Waals surface area (Å²) >= 11 is 0. The van der Waals surface area contributed by atoms with Crippen molar-refractivity contribution in [1.82, 2.24) is 21.3 Å². The molecule has 2 aromatic rings. The van der Waals surface area contributed by atoms with E-state index in [0.29, 0.717) is 0 Å². The molecule has 154 valence electrons. The van der Waals surface area contributed by atoms with Crippen molar-refractivity contribution in [1.29, 1.82) is 0 Å². The zero-order valence-electron chi connectivity index (χ0n) is 17.3. The molecule has 28 heavy (non-hydrogen) atoms. The van der Waals surface area contributed by atoms with E-state index in [4.69, 9.17) is 0 Å². The van der Waals surface area contributed by atoms with Crippen LogP contribution in [0.1, 0.15) is 24.0 Å². The Balaban J connectivity index is 1.25. The summed E-state index contributed by atoms with van der Waals surface area (Å²) in [6.07, 6.45) is 4.71. The van der Waals surface area contributed by atoms with Gasteiger partial charge in [0.1, 0.15) is 0 Å². The zero-order chi connectivity index (χ0) is 19.5. The summed E-state index contributed by atoms with van der Waals surface area (Å²) in [4.78, 5) is 0. The minimum atomic E-state index is 1.03. The fraction of sp³-hybridized carbons (Fsp3) is 0.500. The fourth-order valence-electron chi connectivity index (χ4n) is 3.15. The lowest BCUT2D eigenvalue weighted by Crippen LogP contribution is -2.35. The second-order valence-electron chi connectivity index (χ2n) is 7.18. The van der Waals surface area contributed by atoms with E-state index < -0.39 is 0 Å². The molecule has 0 aliphatic heterocycles. The smallest absolute Gasteiger partial charge is 0.00772 e.